The Bertz CT molecular complexity index is 1280. The molecule has 0 spiro atoms. The van der Waals surface area contributed by atoms with Gasteiger partial charge in [0.25, 0.3) is 0 Å². The minimum absolute atomic E-state index is 0.0200. The van der Waals surface area contributed by atoms with E-state index in [1.165, 1.54) is 11.1 Å². The first-order valence-corrected chi connectivity index (χ1v) is 12.2. The van der Waals surface area contributed by atoms with Gasteiger partial charge in [-0.3, -0.25) is 19.8 Å². The Labute approximate surface area is 213 Å². The van der Waals surface area contributed by atoms with Crippen molar-refractivity contribution in [3.63, 3.8) is 0 Å². The molecule has 12 nitrogen and oxygen atoms in total. The Balaban J connectivity index is 1.37. The number of aldehydes is 1. The van der Waals surface area contributed by atoms with Gasteiger partial charge >= 0.3 is 6.03 Å². The lowest BCUT2D eigenvalue weighted by atomic mass is 10.0. The standard InChI is InChI=1S/C25H27N7O5/c26-10-18-11-27-22(9-21(18)30-5-3-19(34)13-30)29-25(36)32-4-1-2-16-8-17(20(14-33)28-24(16)32)12-31-6-7-37-15-23(31)35/h8-9,11,14,19,34H,1-7,12-13,15H2,(H,27,29,36). The summed E-state index contributed by atoms with van der Waals surface area (Å²) in [7, 11) is 0. The third kappa shape index (κ3) is 5.09. The molecule has 1 unspecified atom stereocenters. The number of pyridine rings is 2. The molecule has 3 aliphatic rings. The highest BCUT2D eigenvalue weighted by Crippen LogP contribution is 2.30. The van der Waals surface area contributed by atoms with Gasteiger partial charge in [0.15, 0.2) is 6.29 Å². The van der Waals surface area contributed by atoms with Gasteiger partial charge in [0, 0.05) is 50.6 Å². The molecule has 5 rings (SSSR count). The largest absolute Gasteiger partial charge is 0.391 e. The number of aryl methyl sites for hydroxylation is 1. The molecular formula is C25H27N7O5. The number of fused-ring (bicyclic) bond motifs is 1. The summed E-state index contributed by atoms with van der Waals surface area (Å²) in [4.78, 5) is 51.1. The average molecular weight is 506 g/mol. The summed E-state index contributed by atoms with van der Waals surface area (Å²) in [6, 6.07) is 5.14. The van der Waals surface area contributed by atoms with Crippen LogP contribution >= 0.6 is 0 Å². The Hall–Kier alpha value is -4.08. The van der Waals surface area contributed by atoms with E-state index in [4.69, 9.17) is 4.74 Å². The van der Waals surface area contributed by atoms with Crippen LogP contribution in [-0.4, -0.2) is 83.7 Å². The number of nitrogens with one attached hydrogen (secondary N) is 1. The second-order valence-electron chi connectivity index (χ2n) is 9.27. The number of aliphatic hydroxyl groups is 1. The summed E-state index contributed by atoms with van der Waals surface area (Å²) in [6.45, 7) is 2.58. The fourth-order valence-electron chi connectivity index (χ4n) is 4.91. The zero-order valence-corrected chi connectivity index (χ0v) is 20.2. The zero-order chi connectivity index (χ0) is 25.9. The molecule has 2 aromatic heterocycles. The molecule has 1 atom stereocenters. The number of nitrogens with zero attached hydrogens (tertiary/aromatic N) is 6. The van der Waals surface area contributed by atoms with Crippen molar-refractivity contribution in [3.8, 4) is 6.07 Å². The molecule has 2 saturated heterocycles. The van der Waals surface area contributed by atoms with Gasteiger partial charge < -0.3 is 19.6 Å². The molecule has 0 bridgehead atoms. The van der Waals surface area contributed by atoms with Gasteiger partial charge in [-0.15, -0.1) is 0 Å². The lowest BCUT2D eigenvalue weighted by Gasteiger charge is -2.31. The number of urea groups is 1. The highest BCUT2D eigenvalue weighted by Gasteiger charge is 2.28. The maximum absolute atomic E-state index is 13.3. The topological polar surface area (TPSA) is 152 Å². The number of carbonyl (C=O) groups excluding carboxylic acids is 3. The number of carbonyl (C=O) groups is 3. The summed E-state index contributed by atoms with van der Waals surface area (Å²) >= 11 is 0. The van der Waals surface area contributed by atoms with Crippen LogP contribution in [0.15, 0.2) is 18.3 Å². The Morgan fingerprint density at radius 1 is 1.32 bits per heavy atom. The van der Waals surface area contributed by atoms with Crippen molar-refractivity contribution in [2.24, 2.45) is 0 Å². The molecule has 3 aliphatic heterocycles. The molecule has 0 saturated carbocycles. The Kier molecular flexibility index (Phi) is 6.98. The number of hydrogen-bond acceptors (Lipinski definition) is 9. The molecule has 12 heteroatoms. The maximum Gasteiger partial charge on any atom is 0.328 e. The van der Waals surface area contributed by atoms with Crippen molar-refractivity contribution >= 4 is 35.5 Å². The van der Waals surface area contributed by atoms with E-state index in [-0.39, 0.29) is 30.6 Å². The molecule has 0 radical (unpaired) electrons. The molecule has 0 aliphatic carbocycles. The van der Waals surface area contributed by atoms with Crippen LogP contribution in [0.5, 0.6) is 0 Å². The average Bonchev–Trinajstić information content (AvgIpc) is 3.35. The van der Waals surface area contributed by atoms with Gasteiger partial charge in [0.1, 0.15) is 30.0 Å². The van der Waals surface area contributed by atoms with Crippen molar-refractivity contribution in [2.75, 3.05) is 54.5 Å². The lowest BCUT2D eigenvalue weighted by Crippen LogP contribution is -2.42. The minimum atomic E-state index is -0.466. The second kappa shape index (κ2) is 10.5. The van der Waals surface area contributed by atoms with Gasteiger partial charge in [-0.05, 0) is 30.9 Å². The van der Waals surface area contributed by atoms with E-state index in [2.05, 4.69) is 21.4 Å². The summed E-state index contributed by atoms with van der Waals surface area (Å²) in [5.74, 6) is 0.532. The van der Waals surface area contributed by atoms with E-state index in [1.54, 1.807) is 11.0 Å². The first-order chi connectivity index (χ1) is 18.0. The Morgan fingerprint density at radius 3 is 2.92 bits per heavy atom. The number of ether oxygens (including phenoxy) is 1. The van der Waals surface area contributed by atoms with Gasteiger partial charge in [0.05, 0.1) is 24.0 Å². The van der Waals surface area contributed by atoms with Crippen molar-refractivity contribution in [2.45, 2.75) is 31.9 Å². The summed E-state index contributed by atoms with van der Waals surface area (Å²) in [5.41, 5.74) is 2.61. The lowest BCUT2D eigenvalue weighted by molar-refractivity contribution is -0.143. The predicted molar refractivity (Wildman–Crippen MR) is 132 cm³/mol. The van der Waals surface area contributed by atoms with Crippen LogP contribution in [0.4, 0.5) is 22.1 Å². The zero-order valence-electron chi connectivity index (χ0n) is 20.2. The van der Waals surface area contributed by atoms with E-state index in [1.807, 2.05) is 11.0 Å². The number of aromatic nitrogens is 2. The van der Waals surface area contributed by atoms with E-state index < -0.39 is 12.1 Å². The SMILES string of the molecule is N#Cc1cnc(NC(=O)N2CCCc3cc(CN4CCOCC4=O)c(C=O)nc32)cc1N1CCC(O)C1. The van der Waals surface area contributed by atoms with Crippen LogP contribution in [0.1, 0.15) is 40.0 Å². The first kappa shape index (κ1) is 24.6. The van der Waals surface area contributed by atoms with E-state index in [9.17, 15) is 24.8 Å². The molecule has 2 fully saturated rings. The van der Waals surface area contributed by atoms with Crippen molar-refractivity contribution in [1.82, 2.24) is 14.9 Å². The van der Waals surface area contributed by atoms with Crippen molar-refractivity contribution in [3.05, 3.63) is 40.7 Å². The van der Waals surface area contributed by atoms with Crippen LogP contribution in [0, 0.1) is 11.3 Å². The Morgan fingerprint density at radius 2 is 2.19 bits per heavy atom. The number of amides is 3. The number of rotatable bonds is 5. The second-order valence-corrected chi connectivity index (χ2v) is 9.27. The fraction of sp³-hybridized carbons (Fsp3) is 0.440. The van der Waals surface area contributed by atoms with Crippen LogP contribution in [0.25, 0.3) is 0 Å². The van der Waals surface area contributed by atoms with Crippen LogP contribution in [0.3, 0.4) is 0 Å². The summed E-state index contributed by atoms with van der Waals surface area (Å²) < 4.78 is 5.18. The van der Waals surface area contributed by atoms with E-state index >= 15 is 0 Å². The van der Waals surface area contributed by atoms with Gasteiger partial charge in [-0.1, -0.05) is 0 Å². The molecule has 2 aromatic rings. The number of hydrogen-bond donors (Lipinski definition) is 2. The van der Waals surface area contributed by atoms with Crippen molar-refractivity contribution in [1.29, 1.82) is 5.26 Å². The quantitative estimate of drug-likeness (QED) is 0.569. The first-order valence-electron chi connectivity index (χ1n) is 12.2. The van der Waals surface area contributed by atoms with E-state index in [0.717, 1.165) is 5.56 Å². The third-order valence-electron chi connectivity index (χ3n) is 6.82. The molecular weight excluding hydrogens is 478 g/mol. The van der Waals surface area contributed by atoms with Crippen LogP contribution in [0.2, 0.25) is 0 Å². The molecule has 37 heavy (non-hydrogen) atoms. The molecule has 192 valence electrons. The number of nitriles is 1. The van der Waals surface area contributed by atoms with Crippen molar-refractivity contribution < 1.29 is 24.2 Å². The van der Waals surface area contributed by atoms with Gasteiger partial charge in [-0.25, -0.2) is 14.8 Å². The molecule has 2 N–H and O–H groups in total. The molecule has 3 amide bonds. The normalized spacial score (nSPS) is 19.4. The fourth-order valence-corrected chi connectivity index (χ4v) is 4.91. The number of morpholine rings is 1. The molecule has 5 heterocycles. The highest BCUT2D eigenvalue weighted by molar-refractivity contribution is 6.02. The van der Waals surface area contributed by atoms with Crippen LogP contribution < -0.4 is 15.1 Å². The highest BCUT2D eigenvalue weighted by atomic mass is 16.5. The summed E-state index contributed by atoms with van der Waals surface area (Å²) in [6.07, 6.45) is 3.58. The smallest absolute Gasteiger partial charge is 0.328 e. The van der Waals surface area contributed by atoms with Gasteiger partial charge in [-0.2, -0.15) is 5.26 Å². The van der Waals surface area contributed by atoms with Gasteiger partial charge in [0.2, 0.25) is 5.91 Å². The summed E-state index contributed by atoms with van der Waals surface area (Å²) in [5, 5.41) is 22.2. The number of anilines is 3. The minimum Gasteiger partial charge on any atom is -0.391 e. The molecule has 0 aromatic carbocycles. The monoisotopic (exact) mass is 505 g/mol. The van der Waals surface area contributed by atoms with E-state index in [0.29, 0.717) is 81.0 Å². The van der Waals surface area contributed by atoms with Crippen LogP contribution in [-0.2, 0) is 22.5 Å². The maximum atomic E-state index is 13.3. The number of β-amino-alcohol motifs (C(OH)–C–C–N with tert-alkyl or cyclic N) is 1. The number of aliphatic hydroxyl groups excluding tert-OH is 1. The predicted octanol–water partition coefficient (Wildman–Crippen LogP) is 1.08. The third-order valence-corrected chi connectivity index (χ3v) is 6.82.